The molecule has 1 heterocycles. The van der Waals surface area contributed by atoms with Crippen molar-refractivity contribution in [2.45, 2.75) is 19.8 Å². The van der Waals surface area contributed by atoms with Crippen LogP contribution in [0.2, 0.25) is 5.15 Å². The molecular weight excluding hydrogens is 239 g/mol. The topological polar surface area (TPSA) is 38.9 Å². The summed E-state index contributed by atoms with van der Waals surface area (Å²) in [4.78, 5) is 4.00. The van der Waals surface area contributed by atoms with Gasteiger partial charge in [0.2, 0.25) is 0 Å². The van der Waals surface area contributed by atoms with Crippen molar-refractivity contribution in [2.75, 3.05) is 5.73 Å². The van der Waals surface area contributed by atoms with Gasteiger partial charge in [-0.15, -0.1) is 0 Å². The van der Waals surface area contributed by atoms with Crippen molar-refractivity contribution in [3.63, 3.8) is 0 Å². The highest BCUT2D eigenvalue weighted by atomic mass is 79.9. The lowest BCUT2D eigenvalue weighted by Gasteiger charge is -2.06. The number of halogens is 2. The molecule has 0 fully saturated rings. The average molecular weight is 250 g/mol. The third kappa shape index (κ3) is 1.90. The fourth-order valence-corrected chi connectivity index (χ4v) is 1.49. The van der Waals surface area contributed by atoms with Gasteiger partial charge >= 0.3 is 0 Å². The number of pyridine rings is 1. The first-order valence-corrected chi connectivity index (χ1v) is 4.92. The lowest BCUT2D eigenvalue weighted by molar-refractivity contribution is 0.915. The van der Waals surface area contributed by atoms with E-state index in [1.165, 1.54) is 0 Å². The average Bonchev–Trinajstić information content (AvgIpc) is 2.07. The molecule has 0 atom stereocenters. The highest BCUT2D eigenvalue weighted by molar-refractivity contribution is 9.10. The molecule has 4 heteroatoms. The molecule has 0 spiro atoms. The van der Waals surface area contributed by atoms with Gasteiger partial charge in [-0.25, -0.2) is 4.98 Å². The molecule has 0 unspecified atom stereocenters. The fraction of sp³-hybridized carbons (Fsp3) is 0.375. The van der Waals surface area contributed by atoms with E-state index >= 15 is 0 Å². The van der Waals surface area contributed by atoms with Crippen LogP contribution in [0.3, 0.4) is 0 Å². The Morgan fingerprint density at radius 2 is 2.33 bits per heavy atom. The van der Waals surface area contributed by atoms with Crippen molar-refractivity contribution < 1.29 is 0 Å². The number of aromatic nitrogens is 1. The van der Waals surface area contributed by atoms with Crippen LogP contribution in [-0.2, 0) is 6.42 Å². The van der Waals surface area contributed by atoms with Crippen LogP contribution in [0.1, 0.15) is 18.9 Å². The summed E-state index contributed by atoms with van der Waals surface area (Å²) < 4.78 is 0.704. The summed E-state index contributed by atoms with van der Waals surface area (Å²) >= 11 is 9.03. The predicted molar refractivity (Wildman–Crippen MR) is 55.4 cm³/mol. The van der Waals surface area contributed by atoms with Gasteiger partial charge in [0.15, 0.2) is 0 Å². The number of nitrogen functional groups attached to an aromatic ring is 1. The number of hydrogen-bond acceptors (Lipinski definition) is 2. The maximum atomic E-state index is 5.80. The third-order valence-electron chi connectivity index (χ3n) is 1.62. The van der Waals surface area contributed by atoms with E-state index in [4.69, 9.17) is 17.3 Å². The molecule has 1 aromatic heterocycles. The summed E-state index contributed by atoms with van der Waals surface area (Å²) in [7, 11) is 0. The Morgan fingerprint density at radius 3 is 2.92 bits per heavy atom. The van der Waals surface area contributed by atoms with Crippen LogP contribution in [0, 0.1) is 0 Å². The molecule has 66 valence electrons. The van der Waals surface area contributed by atoms with Crippen LogP contribution in [0.25, 0.3) is 0 Å². The molecule has 0 aliphatic heterocycles. The molecule has 2 nitrogen and oxygen atoms in total. The zero-order valence-electron chi connectivity index (χ0n) is 6.77. The summed E-state index contributed by atoms with van der Waals surface area (Å²) in [5.41, 5.74) is 7.55. The molecule has 0 aliphatic carbocycles. The van der Waals surface area contributed by atoms with Gasteiger partial charge in [0.25, 0.3) is 0 Å². The molecular formula is C8H10BrClN2. The zero-order chi connectivity index (χ0) is 9.14. The van der Waals surface area contributed by atoms with Crippen molar-refractivity contribution in [2.24, 2.45) is 0 Å². The number of hydrogen-bond donors (Lipinski definition) is 1. The second kappa shape index (κ2) is 4.10. The standard InChI is InChI=1S/C8H10BrClN2/c1-2-3-5-4-12-8(10)6(9)7(5)11/h4H,2-3H2,1H3,(H2,11,12). The van der Waals surface area contributed by atoms with E-state index in [9.17, 15) is 0 Å². The summed E-state index contributed by atoms with van der Waals surface area (Å²) in [5, 5.41) is 0.423. The van der Waals surface area contributed by atoms with Crippen LogP contribution in [-0.4, -0.2) is 4.98 Å². The van der Waals surface area contributed by atoms with Crippen molar-refractivity contribution in [1.82, 2.24) is 4.98 Å². The van der Waals surface area contributed by atoms with Crippen molar-refractivity contribution >= 4 is 33.2 Å². The Labute approximate surface area is 85.3 Å². The fourth-order valence-electron chi connectivity index (χ4n) is 0.981. The van der Waals surface area contributed by atoms with Gasteiger partial charge in [-0.1, -0.05) is 24.9 Å². The Hall–Kier alpha value is -0.280. The number of nitrogens with two attached hydrogens (primary N) is 1. The van der Waals surface area contributed by atoms with Crippen LogP contribution >= 0.6 is 27.5 Å². The largest absolute Gasteiger partial charge is 0.397 e. The number of nitrogens with zero attached hydrogens (tertiary/aromatic N) is 1. The van der Waals surface area contributed by atoms with Gasteiger partial charge < -0.3 is 5.73 Å². The molecule has 0 aromatic carbocycles. The van der Waals surface area contributed by atoms with E-state index in [1.807, 2.05) is 0 Å². The van der Waals surface area contributed by atoms with E-state index in [2.05, 4.69) is 27.8 Å². The normalized spacial score (nSPS) is 10.2. The van der Waals surface area contributed by atoms with E-state index in [1.54, 1.807) is 6.20 Å². The highest BCUT2D eigenvalue weighted by Gasteiger charge is 2.06. The molecule has 0 saturated carbocycles. The van der Waals surface area contributed by atoms with Gasteiger partial charge in [0.05, 0.1) is 10.2 Å². The van der Waals surface area contributed by atoms with Gasteiger partial charge in [-0.05, 0) is 27.9 Å². The van der Waals surface area contributed by atoms with Crippen LogP contribution < -0.4 is 5.73 Å². The predicted octanol–water partition coefficient (Wildman–Crippen LogP) is 3.03. The summed E-state index contributed by atoms with van der Waals surface area (Å²) in [5.74, 6) is 0. The number of anilines is 1. The summed E-state index contributed by atoms with van der Waals surface area (Å²) in [6.07, 6.45) is 3.72. The molecule has 0 bridgehead atoms. The minimum atomic E-state index is 0.423. The van der Waals surface area contributed by atoms with Gasteiger partial charge in [-0.2, -0.15) is 0 Å². The highest BCUT2D eigenvalue weighted by Crippen LogP contribution is 2.29. The molecule has 0 saturated heterocycles. The quantitative estimate of drug-likeness (QED) is 0.818. The Balaban J connectivity index is 3.08. The molecule has 0 amide bonds. The van der Waals surface area contributed by atoms with Gasteiger partial charge in [0.1, 0.15) is 5.15 Å². The Morgan fingerprint density at radius 1 is 1.67 bits per heavy atom. The first-order chi connectivity index (χ1) is 5.66. The second-order valence-electron chi connectivity index (χ2n) is 2.55. The SMILES string of the molecule is CCCc1cnc(Cl)c(Br)c1N. The minimum absolute atomic E-state index is 0.423. The number of rotatable bonds is 2. The maximum Gasteiger partial charge on any atom is 0.145 e. The Bertz CT molecular complexity index is 289. The third-order valence-corrected chi connectivity index (χ3v) is 2.93. The lowest BCUT2D eigenvalue weighted by Crippen LogP contribution is -1.97. The van der Waals surface area contributed by atoms with Gasteiger partial charge in [0, 0.05) is 6.20 Å². The number of aryl methyl sites for hydroxylation is 1. The van der Waals surface area contributed by atoms with Crippen LogP contribution in [0.15, 0.2) is 10.7 Å². The smallest absolute Gasteiger partial charge is 0.145 e. The molecule has 1 rings (SSSR count). The van der Waals surface area contributed by atoms with E-state index < -0.39 is 0 Å². The maximum absolute atomic E-state index is 5.80. The van der Waals surface area contributed by atoms with Crippen LogP contribution in [0.5, 0.6) is 0 Å². The van der Waals surface area contributed by atoms with Crippen molar-refractivity contribution in [3.05, 3.63) is 21.4 Å². The van der Waals surface area contributed by atoms with Gasteiger partial charge in [-0.3, -0.25) is 0 Å². The summed E-state index contributed by atoms with van der Waals surface area (Å²) in [6, 6.07) is 0. The second-order valence-corrected chi connectivity index (χ2v) is 3.70. The van der Waals surface area contributed by atoms with Crippen molar-refractivity contribution in [3.8, 4) is 0 Å². The minimum Gasteiger partial charge on any atom is -0.397 e. The summed E-state index contributed by atoms with van der Waals surface area (Å²) in [6.45, 7) is 2.10. The first-order valence-electron chi connectivity index (χ1n) is 3.75. The lowest BCUT2D eigenvalue weighted by atomic mass is 10.1. The zero-order valence-corrected chi connectivity index (χ0v) is 9.11. The van der Waals surface area contributed by atoms with E-state index in [0.29, 0.717) is 15.3 Å². The first kappa shape index (κ1) is 9.81. The van der Waals surface area contributed by atoms with Crippen molar-refractivity contribution in [1.29, 1.82) is 0 Å². The van der Waals surface area contributed by atoms with E-state index in [0.717, 1.165) is 18.4 Å². The molecule has 1 aromatic rings. The molecule has 0 radical (unpaired) electrons. The molecule has 12 heavy (non-hydrogen) atoms. The van der Waals surface area contributed by atoms with Crippen LogP contribution in [0.4, 0.5) is 5.69 Å². The molecule has 0 aliphatic rings. The Kier molecular flexibility index (Phi) is 3.35. The monoisotopic (exact) mass is 248 g/mol. The molecule has 2 N–H and O–H groups in total. The van der Waals surface area contributed by atoms with E-state index in [-0.39, 0.29) is 0 Å².